The Balaban J connectivity index is 2.06. The second-order valence-corrected chi connectivity index (χ2v) is 6.18. The van der Waals surface area contributed by atoms with Crippen molar-refractivity contribution < 1.29 is 5.11 Å². The highest BCUT2D eigenvalue weighted by molar-refractivity contribution is 9.10. The van der Waals surface area contributed by atoms with Crippen LogP contribution < -0.4 is 0 Å². The average molecular weight is 305 g/mol. The summed E-state index contributed by atoms with van der Waals surface area (Å²) < 4.78 is 0.931. The van der Waals surface area contributed by atoms with Crippen LogP contribution in [0, 0.1) is 0 Å². The molecule has 1 aliphatic rings. The number of piperidine rings is 1. The van der Waals surface area contributed by atoms with Crippen LogP contribution in [0.25, 0.3) is 0 Å². The first-order valence-electron chi connectivity index (χ1n) is 5.65. The minimum atomic E-state index is 0.202. The number of aromatic nitrogens is 1. The van der Waals surface area contributed by atoms with E-state index in [1.165, 1.54) is 22.7 Å². The van der Waals surface area contributed by atoms with E-state index in [1.54, 1.807) is 11.3 Å². The van der Waals surface area contributed by atoms with Crippen molar-refractivity contribution in [2.45, 2.75) is 25.2 Å². The second-order valence-electron chi connectivity index (χ2n) is 4.32. The summed E-state index contributed by atoms with van der Waals surface area (Å²) in [7, 11) is 2.17. The number of halogens is 1. The molecule has 0 radical (unpaired) electrons. The number of hydrogen-bond donors (Lipinski definition) is 1. The molecule has 1 aliphatic heterocycles. The van der Waals surface area contributed by atoms with Crippen molar-refractivity contribution >= 4 is 27.3 Å². The number of thiazole rings is 1. The molecule has 0 unspecified atom stereocenters. The summed E-state index contributed by atoms with van der Waals surface area (Å²) in [6.45, 7) is 2.53. The fourth-order valence-electron chi connectivity index (χ4n) is 2.04. The molecule has 0 amide bonds. The summed E-state index contributed by atoms with van der Waals surface area (Å²) in [5.41, 5.74) is 0. The molecule has 0 saturated carbocycles. The molecule has 2 heterocycles. The van der Waals surface area contributed by atoms with Gasteiger partial charge in [0, 0.05) is 23.8 Å². The molecule has 1 fully saturated rings. The van der Waals surface area contributed by atoms with Gasteiger partial charge in [-0.2, -0.15) is 0 Å². The van der Waals surface area contributed by atoms with Crippen molar-refractivity contribution in [2.75, 3.05) is 26.7 Å². The summed E-state index contributed by atoms with van der Waals surface area (Å²) >= 11 is 5.23. The zero-order valence-corrected chi connectivity index (χ0v) is 11.9. The number of hydrogen-bond acceptors (Lipinski definition) is 4. The van der Waals surface area contributed by atoms with Crippen molar-refractivity contribution in [1.29, 1.82) is 0 Å². The van der Waals surface area contributed by atoms with E-state index in [-0.39, 0.29) is 6.61 Å². The number of rotatable bonds is 3. The Labute approximate surface area is 109 Å². The average Bonchev–Trinajstić information content (AvgIpc) is 2.62. The van der Waals surface area contributed by atoms with Crippen molar-refractivity contribution in [3.63, 3.8) is 0 Å². The molecule has 1 saturated heterocycles. The van der Waals surface area contributed by atoms with Crippen LogP contribution in [0.5, 0.6) is 0 Å². The minimum absolute atomic E-state index is 0.202. The van der Waals surface area contributed by atoms with Crippen LogP contribution >= 0.6 is 27.3 Å². The molecule has 1 N–H and O–H groups in total. The smallest absolute Gasteiger partial charge is 0.120 e. The van der Waals surface area contributed by atoms with E-state index in [4.69, 9.17) is 5.11 Å². The van der Waals surface area contributed by atoms with Crippen LogP contribution in [0.15, 0.2) is 4.60 Å². The maximum Gasteiger partial charge on any atom is 0.120 e. The van der Waals surface area contributed by atoms with E-state index >= 15 is 0 Å². The van der Waals surface area contributed by atoms with Crippen LogP contribution in [0.1, 0.15) is 28.6 Å². The molecule has 0 bridgehead atoms. The van der Waals surface area contributed by atoms with E-state index in [1.807, 2.05) is 0 Å². The van der Waals surface area contributed by atoms with Gasteiger partial charge in [0.2, 0.25) is 0 Å². The highest BCUT2D eigenvalue weighted by atomic mass is 79.9. The van der Waals surface area contributed by atoms with Crippen LogP contribution in [0.4, 0.5) is 0 Å². The van der Waals surface area contributed by atoms with E-state index < -0.39 is 0 Å². The van der Waals surface area contributed by atoms with Crippen molar-refractivity contribution in [3.8, 4) is 0 Å². The fraction of sp³-hybridized carbons (Fsp3) is 0.727. The third-order valence-electron chi connectivity index (χ3n) is 3.07. The van der Waals surface area contributed by atoms with Crippen molar-refractivity contribution in [2.24, 2.45) is 0 Å². The quantitative estimate of drug-likeness (QED) is 0.930. The summed E-state index contributed by atoms with van der Waals surface area (Å²) in [5, 5.41) is 10.2. The summed E-state index contributed by atoms with van der Waals surface area (Å²) in [4.78, 5) is 8.13. The van der Waals surface area contributed by atoms with Crippen molar-refractivity contribution in [1.82, 2.24) is 9.88 Å². The Kier molecular flexibility index (Phi) is 4.35. The first-order valence-corrected chi connectivity index (χ1v) is 7.26. The third kappa shape index (κ3) is 2.83. The van der Waals surface area contributed by atoms with E-state index in [0.717, 1.165) is 17.7 Å². The van der Waals surface area contributed by atoms with Gasteiger partial charge in [0.05, 0.1) is 5.01 Å². The molecule has 1 aromatic heterocycles. The Hall–Kier alpha value is 0.0300. The van der Waals surface area contributed by atoms with Crippen LogP contribution in [-0.2, 0) is 6.42 Å². The summed E-state index contributed by atoms with van der Waals surface area (Å²) in [6.07, 6.45) is 3.12. The van der Waals surface area contributed by atoms with Crippen molar-refractivity contribution in [3.05, 3.63) is 14.5 Å². The zero-order valence-electron chi connectivity index (χ0n) is 9.45. The normalized spacial score (nSPS) is 19.2. The molecule has 1 aromatic rings. The lowest BCUT2D eigenvalue weighted by atomic mass is 9.98. The van der Waals surface area contributed by atoms with E-state index in [2.05, 4.69) is 32.9 Å². The van der Waals surface area contributed by atoms with Gasteiger partial charge in [0.1, 0.15) is 4.60 Å². The molecule has 3 nitrogen and oxygen atoms in total. The highest BCUT2D eigenvalue weighted by Gasteiger charge is 2.22. The Bertz CT molecular complexity index is 348. The second kappa shape index (κ2) is 5.58. The molecule has 0 aliphatic carbocycles. The van der Waals surface area contributed by atoms with Crippen LogP contribution in [0.3, 0.4) is 0 Å². The largest absolute Gasteiger partial charge is 0.396 e. The predicted octanol–water partition coefficient (Wildman–Crippen LogP) is 2.25. The summed E-state index contributed by atoms with van der Waals surface area (Å²) in [5.74, 6) is 0.616. The predicted molar refractivity (Wildman–Crippen MR) is 70.1 cm³/mol. The van der Waals surface area contributed by atoms with Gasteiger partial charge in [-0.05, 0) is 48.9 Å². The lowest BCUT2D eigenvalue weighted by Crippen LogP contribution is -2.29. The molecule has 5 heteroatoms. The zero-order chi connectivity index (χ0) is 11.5. The van der Waals surface area contributed by atoms with Gasteiger partial charge in [0.15, 0.2) is 0 Å². The molecular weight excluding hydrogens is 288 g/mol. The lowest BCUT2D eigenvalue weighted by Gasteiger charge is -2.27. The topological polar surface area (TPSA) is 36.4 Å². The molecule has 90 valence electrons. The maximum atomic E-state index is 8.95. The number of aliphatic hydroxyl groups excluding tert-OH is 1. The maximum absolute atomic E-state index is 8.95. The number of nitrogens with zero attached hydrogens (tertiary/aromatic N) is 2. The molecule has 16 heavy (non-hydrogen) atoms. The fourth-order valence-corrected chi connectivity index (χ4v) is 3.90. The SMILES string of the molecule is CN1CCC(c2nc(Br)c(CCO)s2)CC1. The third-order valence-corrected chi connectivity index (χ3v) is 5.27. The summed E-state index contributed by atoms with van der Waals surface area (Å²) in [6, 6.07) is 0. The minimum Gasteiger partial charge on any atom is -0.396 e. The van der Waals surface area contributed by atoms with Gasteiger partial charge in [-0.1, -0.05) is 0 Å². The molecule has 0 spiro atoms. The van der Waals surface area contributed by atoms with Gasteiger partial charge < -0.3 is 10.0 Å². The Morgan fingerprint density at radius 2 is 2.19 bits per heavy atom. The first kappa shape index (κ1) is 12.5. The lowest BCUT2D eigenvalue weighted by molar-refractivity contribution is 0.255. The molecule has 0 aromatic carbocycles. The van der Waals surface area contributed by atoms with Gasteiger partial charge in [-0.25, -0.2) is 4.98 Å². The van der Waals surface area contributed by atoms with Crippen LogP contribution in [-0.4, -0.2) is 41.7 Å². The molecule has 2 rings (SSSR count). The van der Waals surface area contributed by atoms with Crippen LogP contribution in [0.2, 0.25) is 0 Å². The monoisotopic (exact) mass is 304 g/mol. The van der Waals surface area contributed by atoms with Gasteiger partial charge in [-0.3, -0.25) is 0 Å². The Morgan fingerprint density at radius 1 is 1.50 bits per heavy atom. The van der Waals surface area contributed by atoms with Gasteiger partial charge in [0.25, 0.3) is 0 Å². The number of likely N-dealkylation sites (tertiary alicyclic amines) is 1. The molecular formula is C11H17BrN2OS. The van der Waals surface area contributed by atoms with Gasteiger partial charge in [-0.15, -0.1) is 11.3 Å². The molecule has 0 atom stereocenters. The first-order chi connectivity index (χ1) is 7.70. The van der Waals surface area contributed by atoms with Gasteiger partial charge >= 0.3 is 0 Å². The highest BCUT2D eigenvalue weighted by Crippen LogP contribution is 2.34. The standard InChI is InChI=1S/C11H17BrN2OS/c1-14-5-2-8(3-6-14)11-13-10(12)9(16-11)4-7-15/h8,15H,2-7H2,1H3. The van der Waals surface area contributed by atoms with E-state index in [0.29, 0.717) is 12.3 Å². The number of aliphatic hydroxyl groups is 1. The Morgan fingerprint density at radius 3 is 2.81 bits per heavy atom. The van der Waals surface area contributed by atoms with E-state index in [9.17, 15) is 0 Å².